The standard InChI is InChI=1S/C27H40N6O9/c1-31(2)18-16-29-27(41)19(30-21(35)8-5-10-26(40)42-33-24(38)13-14-25(33)39)7-3-4-15-28-20(34)9-6-17-32-22(36)11-12-23(32)37/h11-12,19H,3-10,13-18H2,1-2H3,(H,28,34)(H,29,41)(H,30,35). The van der Waals surface area contributed by atoms with E-state index in [1.807, 2.05) is 19.0 Å². The Morgan fingerprint density at radius 3 is 2.12 bits per heavy atom. The van der Waals surface area contributed by atoms with E-state index in [0.717, 1.165) is 4.90 Å². The third-order valence-electron chi connectivity index (χ3n) is 6.42. The van der Waals surface area contributed by atoms with Crippen molar-refractivity contribution in [3.05, 3.63) is 12.2 Å². The van der Waals surface area contributed by atoms with E-state index in [1.165, 1.54) is 12.2 Å². The monoisotopic (exact) mass is 592 g/mol. The van der Waals surface area contributed by atoms with Crippen LogP contribution in [-0.4, -0.2) is 108 Å². The number of carbonyl (C=O) groups excluding carboxylic acids is 8. The molecule has 0 aliphatic carbocycles. The Bertz CT molecular complexity index is 1040. The summed E-state index contributed by atoms with van der Waals surface area (Å²) in [7, 11) is 3.73. The summed E-state index contributed by atoms with van der Waals surface area (Å²) in [4.78, 5) is 103. The Hall–Kier alpha value is -4.14. The second-order valence-corrected chi connectivity index (χ2v) is 10.2. The first-order valence-electron chi connectivity index (χ1n) is 14.1. The van der Waals surface area contributed by atoms with Gasteiger partial charge in [0.15, 0.2) is 0 Å². The molecule has 7 amide bonds. The quantitative estimate of drug-likeness (QED) is 0.123. The van der Waals surface area contributed by atoms with Crippen molar-refractivity contribution in [3.8, 4) is 0 Å². The first kappa shape index (κ1) is 34.1. The fourth-order valence-corrected chi connectivity index (χ4v) is 4.10. The molecule has 3 N–H and O–H groups in total. The number of carbonyl (C=O) groups is 8. The molecule has 1 atom stereocenters. The van der Waals surface area contributed by atoms with Gasteiger partial charge in [-0.15, -0.1) is 5.06 Å². The van der Waals surface area contributed by atoms with Gasteiger partial charge in [-0.25, -0.2) is 4.79 Å². The maximum absolute atomic E-state index is 12.7. The van der Waals surface area contributed by atoms with Crippen LogP contribution in [0.1, 0.15) is 64.2 Å². The van der Waals surface area contributed by atoms with Crippen molar-refractivity contribution in [1.29, 1.82) is 0 Å². The lowest BCUT2D eigenvalue weighted by Crippen LogP contribution is -2.48. The summed E-state index contributed by atoms with van der Waals surface area (Å²) in [6.07, 6.45) is 4.11. The van der Waals surface area contributed by atoms with E-state index in [9.17, 15) is 38.4 Å². The summed E-state index contributed by atoms with van der Waals surface area (Å²) in [5, 5.41) is 8.70. The van der Waals surface area contributed by atoms with Crippen LogP contribution in [0.25, 0.3) is 0 Å². The maximum Gasteiger partial charge on any atom is 0.333 e. The number of imide groups is 2. The van der Waals surface area contributed by atoms with E-state index in [1.54, 1.807) is 0 Å². The van der Waals surface area contributed by atoms with Gasteiger partial charge in [-0.2, -0.15) is 0 Å². The van der Waals surface area contributed by atoms with E-state index >= 15 is 0 Å². The van der Waals surface area contributed by atoms with Crippen molar-refractivity contribution in [2.75, 3.05) is 40.3 Å². The molecular weight excluding hydrogens is 552 g/mol. The number of hydrogen-bond donors (Lipinski definition) is 3. The van der Waals surface area contributed by atoms with Crippen molar-refractivity contribution in [1.82, 2.24) is 30.8 Å². The number of hydroxylamine groups is 2. The molecular formula is C27H40N6O9. The fourth-order valence-electron chi connectivity index (χ4n) is 4.10. The number of amides is 7. The van der Waals surface area contributed by atoms with Gasteiger partial charge in [0, 0.05) is 70.4 Å². The number of nitrogens with one attached hydrogen (secondary N) is 3. The first-order chi connectivity index (χ1) is 20.0. The number of likely N-dealkylation sites (N-methyl/N-ethyl adjacent to an activating group) is 1. The zero-order chi connectivity index (χ0) is 31.1. The third-order valence-corrected chi connectivity index (χ3v) is 6.42. The molecule has 15 nitrogen and oxygen atoms in total. The predicted molar refractivity (Wildman–Crippen MR) is 146 cm³/mol. The number of nitrogens with zero attached hydrogens (tertiary/aromatic N) is 3. The van der Waals surface area contributed by atoms with Crippen LogP contribution in [0, 0.1) is 0 Å². The topological polar surface area (TPSA) is 192 Å². The fraction of sp³-hybridized carbons (Fsp3) is 0.630. The molecule has 15 heteroatoms. The molecule has 42 heavy (non-hydrogen) atoms. The molecule has 0 aromatic carbocycles. The molecule has 0 bridgehead atoms. The highest BCUT2D eigenvalue weighted by Crippen LogP contribution is 2.13. The summed E-state index contributed by atoms with van der Waals surface area (Å²) in [6, 6.07) is -0.814. The Balaban J connectivity index is 1.69. The van der Waals surface area contributed by atoms with Crippen LogP contribution in [0.15, 0.2) is 12.2 Å². The minimum Gasteiger partial charge on any atom is -0.356 e. The minimum atomic E-state index is -0.814. The van der Waals surface area contributed by atoms with Crippen molar-refractivity contribution >= 4 is 47.3 Å². The van der Waals surface area contributed by atoms with Crippen LogP contribution in [0.3, 0.4) is 0 Å². The molecule has 232 valence electrons. The van der Waals surface area contributed by atoms with Gasteiger partial charge in [-0.1, -0.05) is 0 Å². The lowest BCUT2D eigenvalue weighted by atomic mass is 10.1. The number of hydrogen-bond acceptors (Lipinski definition) is 10. The second kappa shape index (κ2) is 17.6. The van der Waals surface area contributed by atoms with Gasteiger partial charge in [-0.05, 0) is 46.2 Å². The number of rotatable bonds is 19. The molecule has 1 unspecified atom stereocenters. The largest absolute Gasteiger partial charge is 0.356 e. The van der Waals surface area contributed by atoms with Crippen LogP contribution in [0.5, 0.6) is 0 Å². The van der Waals surface area contributed by atoms with Crippen molar-refractivity contribution in [2.24, 2.45) is 0 Å². The summed E-state index contributed by atoms with van der Waals surface area (Å²) in [6.45, 7) is 1.52. The van der Waals surface area contributed by atoms with Crippen molar-refractivity contribution in [2.45, 2.75) is 70.3 Å². The minimum absolute atomic E-state index is 0.0117. The van der Waals surface area contributed by atoms with Crippen molar-refractivity contribution < 1.29 is 43.2 Å². The summed E-state index contributed by atoms with van der Waals surface area (Å²) in [5.41, 5.74) is 0. The van der Waals surface area contributed by atoms with Crippen LogP contribution in [-0.2, 0) is 43.2 Å². The third kappa shape index (κ3) is 12.2. The highest BCUT2D eigenvalue weighted by Gasteiger charge is 2.32. The average Bonchev–Trinajstić information content (AvgIpc) is 3.42. The lowest BCUT2D eigenvalue weighted by Gasteiger charge is -2.19. The molecule has 0 saturated carbocycles. The maximum atomic E-state index is 12.7. The van der Waals surface area contributed by atoms with Gasteiger partial charge in [0.05, 0.1) is 0 Å². The van der Waals surface area contributed by atoms with Crippen LogP contribution in [0.4, 0.5) is 0 Å². The van der Waals surface area contributed by atoms with Gasteiger partial charge in [0.1, 0.15) is 6.04 Å². The summed E-state index contributed by atoms with van der Waals surface area (Å²) >= 11 is 0. The lowest BCUT2D eigenvalue weighted by molar-refractivity contribution is -0.197. The smallest absolute Gasteiger partial charge is 0.333 e. The van der Waals surface area contributed by atoms with E-state index < -0.39 is 29.7 Å². The van der Waals surface area contributed by atoms with Crippen LogP contribution in [0.2, 0.25) is 0 Å². The van der Waals surface area contributed by atoms with Gasteiger partial charge >= 0.3 is 5.97 Å². The molecule has 0 spiro atoms. The zero-order valence-corrected chi connectivity index (χ0v) is 24.1. The molecule has 0 aromatic rings. The second-order valence-electron chi connectivity index (χ2n) is 10.2. The van der Waals surface area contributed by atoms with Crippen molar-refractivity contribution in [3.63, 3.8) is 0 Å². The summed E-state index contributed by atoms with van der Waals surface area (Å²) in [5.74, 6) is -3.75. The zero-order valence-electron chi connectivity index (χ0n) is 24.1. The van der Waals surface area contributed by atoms with Crippen LogP contribution < -0.4 is 16.0 Å². The molecule has 2 aliphatic heterocycles. The van der Waals surface area contributed by atoms with Gasteiger partial charge in [0.25, 0.3) is 23.6 Å². The Kier molecular flexibility index (Phi) is 14.3. The van der Waals surface area contributed by atoms with E-state index in [-0.39, 0.29) is 68.7 Å². The van der Waals surface area contributed by atoms with Gasteiger partial charge in [0.2, 0.25) is 17.7 Å². The normalized spacial score (nSPS) is 15.4. The number of unbranched alkanes of at least 4 members (excludes halogenated alkanes) is 1. The Labute approximate surface area is 244 Å². The van der Waals surface area contributed by atoms with E-state index in [4.69, 9.17) is 4.84 Å². The van der Waals surface area contributed by atoms with E-state index in [0.29, 0.717) is 50.4 Å². The Morgan fingerprint density at radius 1 is 0.833 bits per heavy atom. The summed E-state index contributed by atoms with van der Waals surface area (Å²) < 4.78 is 0. The molecule has 2 aliphatic rings. The average molecular weight is 593 g/mol. The molecule has 2 rings (SSSR count). The highest BCUT2D eigenvalue weighted by molar-refractivity contribution is 6.12. The van der Waals surface area contributed by atoms with Gasteiger partial charge < -0.3 is 25.7 Å². The van der Waals surface area contributed by atoms with Gasteiger partial charge in [-0.3, -0.25) is 38.5 Å². The molecule has 1 saturated heterocycles. The Morgan fingerprint density at radius 2 is 1.48 bits per heavy atom. The molecule has 0 radical (unpaired) electrons. The first-order valence-corrected chi connectivity index (χ1v) is 14.1. The van der Waals surface area contributed by atoms with Crippen LogP contribution >= 0.6 is 0 Å². The SMILES string of the molecule is CN(C)CCNC(=O)C(CCCCNC(=O)CCCN1C(=O)C=CC1=O)NC(=O)CCCC(=O)ON1C(=O)CCC1=O. The molecule has 0 aromatic heterocycles. The van der Waals surface area contributed by atoms with E-state index in [2.05, 4.69) is 16.0 Å². The molecule has 1 fully saturated rings. The highest BCUT2D eigenvalue weighted by atomic mass is 16.7. The molecule has 2 heterocycles. The predicted octanol–water partition coefficient (Wildman–Crippen LogP) is -1.08.